The Balaban J connectivity index is 0.00000400. The van der Waals surface area contributed by atoms with Crippen LogP contribution in [0.15, 0.2) is 23.3 Å². The third-order valence-electron chi connectivity index (χ3n) is 2.76. The Morgan fingerprint density at radius 3 is 2.86 bits per heavy atom. The molecule has 0 aliphatic rings. The van der Waals surface area contributed by atoms with Gasteiger partial charge >= 0.3 is 0 Å². The molecule has 120 valence electrons. The van der Waals surface area contributed by atoms with Crippen LogP contribution in [0, 0.1) is 0 Å². The third-order valence-corrected chi connectivity index (χ3v) is 3.46. The average molecular weight is 424 g/mol. The van der Waals surface area contributed by atoms with E-state index in [2.05, 4.69) is 26.9 Å². The summed E-state index contributed by atoms with van der Waals surface area (Å²) in [4.78, 5) is 8.29. The van der Waals surface area contributed by atoms with Crippen LogP contribution in [-0.4, -0.2) is 43.7 Å². The molecule has 0 saturated carbocycles. The van der Waals surface area contributed by atoms with Gasteiger partial charge in [0.05, 0.1) is 7.11 Å². The SMILES string of the molecule is CN=C(NCCCCSC)NCc1ccnc(OC)c1.I. The lowest BCUT2D eigenvalue weighted by Crippen LogP contribution is -2.37. The maximum Gasteiger partial charge on any atom is 0.213 e. The molecule has 5 nitrogen and oxygen atoms in total. The van der Waals surface area contributed by atoms with Crippen molar-refractivity contribution in [2.75, 3.05) is 32.7 Å². The molecule has 0 unspecified atom stereocenters. The third kappa shape index (κ3) is 9.02. The summed E-state index contributed by atoms with van der Waals surface area (Å²) in [6, 6.07) is 3.88. The first-order valence-corrected chi connectivity index (χ1v) is 8.12. The van der Waals surface area contributed by atoms with E-state index in [4.69, 9.17) is 4.74 Å². The van der Waals surface area contributed by atoms with Crippen molar-refractivity contribution >= 4 is 41.7 Å². The van der Waals surface area contributed by atoms with Gasteiger partial charge in [-0.15, -0.1) is 24.0 Å². The number of aliphatic imine (C=N–C) groups is 1. The van der Waals surface area contributed by atoms with Crippen LogP contribution < -0.4 is 15.4 Å². The van der Waals surface area contributed by atoms with Gasteiger partial charge in [0.15, 0.2) is 5.96 Å². The van der Waals surface area contributed by atoms with Crippen LogP contribution in [0.4, 0.5) is 0 Å². The van der Waals surface area contributed by atoms with E-state index in [1.807, 2.05) is 23.9 Å². The van der Waals surface area contributed by atoms with Crippen molar-refractivity contribution in [3.8, 4) is 5.88 Å². The molecule has 2 N–H and O–H groups in total. The highest BCUT2D eigenvalue weighted by Gasteiger charge is 2.00. The van der Waals surface area contributed by atoms with E-state index in [0.717, 1.165) is 24.5 Å². The molecule has 0 aromatic carbocycles. The number of unbranched alkanes of at least 4 members (excludes halogenated alkanes) is 1. The Morgan fingerprint density at radius 2 is 2.19 bits per heavy atom. The monoisotopic (exact) mass is 424 g/mol. The minimum absolute atomic E-state index is 0. The second-order valence-electron chi connectivity index (χ2n) is 4.26. The average Bonchev–Trinajstić information content (AvgIpc) is 2.50. The number of hydrogen-bond acceptors (Lipinski definition) is 4. The van der Waals surface area contributed by atoms with Crippen molar-refractivity contribution < 1.29 is 4.74 Å². The first kappa shape index (κ1) is 20.3. The van der Waals surface area contributed by atoms with E-state index >= 15 is 0 Å². The van der Waals surface area contributed by atoms with Crippen molar-refractivity contribution in [1.29, 1.82) is 0 Å². The van der Waals surface area contributed by atoms with Crippen LogP contribution in [0.25, 0.3) is 0 Å². The highest BCUT2D eigenvalue weighted by atomic mass is 127. The van der Waals surface area contributed by atoms with Gasteiger partial charge in [0.25, 0.3) is 0 Å². The fourth-order valence-corrected chi connectivity index (χ4v) is 2.15. The maximum atomic E-state index is 5.10. The van der Waals surface area contributed by atoms with Crippen LogP contribution in [0.2, 0.25) is 0 Å². The molecule has 0 radical (unpaired) electrons. The lowest BCUT2D eigenvalue weighted by molar-refractivity contribution is 0.397. The smallest absolute Gasteiger partial charge is 0.213 e. The summed E-state index contributed by atoms with van der Waals surface area (Å²) < 4.78 is 5.10. The number of aromatic nitrogens is 1. The fraction of sp³-hybridized carbons (Fsp3) is 0.571. The Labute approximate surface area is 148 Å². The maximum absolute atomic E-state index is 5.10. The number of thioether (sulfide) groups is 1. The van der Waals surface area contributed by atoms with Gasteiger partial charge in [-0.1, -0.05) is 0 Å². The summed E-state index contributed by atoms with van der Waals surface area (Å²) in [5, 5.41) is 6.59. The molecule has 0 fully saturated rings. The van der Waals surface area contributed by atoms with Gasteiger partial charge in [0.1, 0.15) is 0 Å². The van der Waals surface area contributed by atoms with Crippen LogP contribution in [0.5, 0.6) is 5.88 Å². The number of pyridine rings is 1. The van der Waals surface area contributed by atoms with Crippen molar-refractivity contribution in [3.63, 3.8) is 0 Å². The predicted molar refractivity (Wildman–Crippen MR) is 102 cm³/mol. The van der Waals surface area contributed by atoms with E-state index in [0.29, 0.717) is 12.4 Å². The zero-order valence-corrected chi connectivity index (χ0v) is 16.0. The van der Waals surface area contributed by atoms with E-state index in [1.165, 1.54) is 12.2 Å². The van der Waals surface area contributed by atoms with Crippen LogP contribution >= 0.6 is 35.7 Å². The zero-order chi connectivity index (χ0) is 14.6. The molecule has 0 aliphatic heterocycles. The lowest BCUT2D eigenvalue weighted by Gasteiger charge is -2.12. The van der Waals surface area contributed by atoms with Crippen LogP contribution in [0.1, 0.15) is 18.4 Å². The van der Waals surface area contributed by atoms with Crippen molar-refractivity contribution in [2.45, 2.75) is 19.4 Å². The Bertz CT molecular complexity index is 418. The molecular weight excluding hydrogens is 399 g/mol. The number of guanidine groups is 1. The summed E-state index contributed by atoms with van der Waals surface area (Å²) in [7, 11) is 3.40. The van der Waals surface area contributed by atoms with Gasteiger partial charge in [-0.25, -0.2) is 4.98 Å². The molecule has 0 bridgehead atoms. The second-order valence-corrected chi connectivity index (χ2v) is 5.24. The number of methoxy groups -OCH3 is 1. The van der Waals surface area contributed by atoms with Crippen molar-refractivity contribution in [2.24, 2.45) is 4.99 Å². The van der Waals surface area contributed by atoms with Crippen LogP contribution in [0.3, 0.4) is 0 Å². The molecular formula is C14H25IN4OS. The Hall–Kier alpha value is -0.700. The molecule has 1 rings (SSSR count). The highest BCUT2D eigenvalue weighted by Crippen LogP contribution is 2.07. The summed E-state index contributed by atoms with van der Waals surface area (Å²) >= 11 is 1.89. The van der Waals surface area contributed by atoms with Crippen molar-refractivity contribution in [1.82, 2.24) is 15.6 Å². The number of nitrogens with one attached hydrogen (secondary N) is 2. The Morgan fingerprint density at radius 1 is 1.38 bits per heavy atom. The number of ether oxygens (including phenoxy) is 1. The molecule has 1 heterocycles. The molecule has 1 aromatic heterocycles. The minimum Gasteiger partial charge on any atom is -0.481 e. The quantitative estimate of drug-likeness (QED) is 0.291. The summed E-state index contributed by atoms with van der Waals surface area (Å²) in [6.07, 6.45) is 6.27. The van der Waals surface area contributed by atoms with Gasteiger partial charge in [-0.3, -0.25) is 4.99 Å². The van der Waals surface area contributed by atoms with Crippen molar-refractivity contribution in [3.05, 3.63) is 23.9 Å². The minimum atomic E-state index is 0. The Kier molecular flexibility index (Phi) is 12.6. The molecule has 7 heteroatoms. The lowest BCUT2D eigenvalue weighted by atomic mass is 10.2. The molecule has 0 atom stereocenters. The number of rotatable bonds is 8. The number of nitrogens with zero attached hydrogens (tertiary/aromatic N) is 2. The summed E-state index contributed by atoms with van der Waals surface area (Å²) in [6.45, 7) is 1.64. The largest absolute Gasteiger partial charge is 0.481 e. The van der Waals surface area contributed by atoms with Gasteiger partial charge in [0, 0.05) is 32.4 Å². The van der Waals surface area contributed by atoms with Crippen LogP contribution in [-0.2, 0) is 6.54 Å². The fourth-order valence-electron chi connectivity index (χ4n) is 1.66. The molecule has 0 saturated heterocycles. The van der Waals surface area contributed by atoms with Gasteiger partial charge in [0.2, 0.25) is 5.88 Å². The molecule has 21 heavy (non-hydrogen) atoms. The van der Waals surface area contributed by atoms with E-state index < -0.39 is 0 Å². The summed E-state index contributed by atoms with van der Waals surface area (Å²) in [5.41, 5.74) is 1.11. The van der Waals surface area contributed by atoms with E-state index in [1.54, 1.807) is 20.4 Å². The van der Waals surface area contributed by atoms with Gasteiger partial charge in [-0.05, 0) is 36.5 Å². The standard InChI is InChI=1S/C14H24N4OS.HI/c1-15-14(17-7-4-5-9-20-3)18-11-12-6-8-16-13(10-12)19-2;/h6,8,10H,4-5,7,9,11H2,1-3H3,(H2,15,17,18);1H. The topological polar surface area (TPSA) is 58.5 Å². The molecule has 0 amide bonds. The van der Waals surface area contributed by atoms with Gasteiger partial charge in [-0.2, -0.15) is 11.8 Å². The normalized spacial score (nSPS) is 10.7. The molecule has 0 spiro atoms. The van der Waals surface area contributed by atoms with E-state index in [9.17, 15) is 0 Å². The first-order chi connectivity index (χ1) is 9.80. The highest BCUT2D eigenvalue weighted by molar-refractivity contribution is 14.0. The molecule has 0 aliphatic carbocycles. The zero-order valence-electron chi connectivity index (χ0n) is 12.9. The second kappa shape index (κ2) is 13.0. The predicted octanol–water partition coefficient (Wildman–Crippen LogP) is 2.52. The summed E-state index contributed by atoms with van der Waals surface area (Å²) in [5.74, 6) is 2.67. The first-order valence-electron chi connectivity index (χ1n) is 6.72. The van der Waals surface area contributed by atoms with E-state index in [-0.39, 0.29) is 24.0 Å². The number of hydrogen-bond donors (Lipinski definition) is 2. The van der Waals surface area contributed by atoms with Gasteiger partial charge < -0.3 is 15.4 Å². The number of halogens is 1. The molecule has 1 aromatic rings.